The molecular weight excluding hydrogens is 423 g/mol. The molecule has 0 spiro atoms. The number of carbonyl (C=O) groups is 1. The quantitative estimate of drug-likeness (QED) is 0.666. The summed E-state index contributed by atoms with van der Waals surface area (Å²) in [5, 5.41) is 11.5. The maximum Gasteiger partial charge on any atom is 0.417 e. The maximum atomic E-state index is 13.6. The van der Waals surface area contributed by atoms with Crippen molar-refractivity contribution in [2.24, 2.45) is 0 Å². The number of aromatic nitrogens is 5. The number of carbonyl (C=O) groups excluding carboxylic acids is 1. The first-order chi connectivity index (χ1) is 15.3. The van der Waals surface area contributed by atoms with E-state index in [1.165, 1.54) is 23.3 Å². The number of rotatable bonds is 4. The Bertz CT molecular complexity index is 1130. The number of fused-ring (bicyclic) bond motifs is 2. The highest BCUT2D eigenvalue weighted by atomic mass is 19.4. The molecule has 0 aliphatic carbocycles. The second-order valence-corrected chi connectivity index (χ2v) is 8.07. The molecule has 166 valence electrons. The summed E-state index contributed by atoms with van der Waals surface area (Å²) in [4.78, 5) is 25.2. The third-order valence-electron chi connectivity index (χ3n) is 6.05. The van der Waals surface area contributed by atoms with Crippen LogP contribution in [0.5, 0.6) is 0 Å². The van der Waals surface area contributed by atoms with E-state index in [9.17, 15) is 18.0 Å². The first kappa shape index (κ1) is 20.4. The summed E-state index contributed by atoms with van der Waals surface area (Å²) in [7, 11) is 0. The normalized spacial score (nSPS) is 22.4. The first-order valence-corrected chi connectivity index (χ1v) is 10.3. The molecule has 2 bridgehead atoms. The topological polar surface area (TPSA) is 88.8 Å². The van der Waals surface area contributed by atoms with Gasteiger partial charge in [0.15, 0.2) is 5.69 Å². The van der Waals surface area contributed by atoms with E-state index in [-0.39, 0.29) is 29.7 Å². The lowest BCUT2D eigenvalue weighted by atomic mass is 9.95. The molecule has 2 aliphatic heterocycles. The lowest BCUT2D eigenvalue weighted by Gasteiger charge is -2.25. The Morgan fingerprint density at radius 1 is 1.12 bits per heavy atom. The number of pyridine rings is 2. The van der Waals surface area contributed by atoms with Crippen LogP contribution in [0.3, 0.4) is 0 Å². The lowest BCUT2D eigenvalue weighted by molar-refractivity contribution is -0.137. The van der Waals surface area contributed by atoms with Gasteiger partial charge in [0.05, 0.1) is 24.0 Å². The highest BCUT2D eigenvalue weighted by molar-refractivity contribution is 5.96. The van der Waals surface area contributed by atoms with E-state index in [1.54, 1.807) is 12.1 Å². The third-order valence-corrected chi connectivity index (χ3v) is 6.05. The van der Waals surface area contributed by atoms with Gasteiger partial charge in [-0.1, -0.05) is 0 Å². The van der Waals surface area contributed by atoms with Crippen LogP contribution in [0.1, 0.15) is 41.0 Å². The second-order valence-electron chi connectivity index (χ2n) is 8.07. The van der Waals surface area contributed by atoms with E-state index in [4.69, 9.17) is 0 Å². The fourth-order valence-electron chi connectivity index (χ4n) is 4.63. The number of halogens is 3. The molecule has 1 amide bonds. The van der Waals surface area contributed by atoms with E-state index >= 15 is 0 Å². The zero-order valence-corrected chi connectivity index (χ0v) is 17.1. The Balaban J connectivity index is 1.38. The summed E-state index contributed by atoms with van der Waals surface area (Å²) < 4.78 is 38.4. The van der Waals surface area contributed by atoms with Crippen LogP contribution in [0, 0.1) is 6.92 Å². The Morgan fingerprint density at radius 2 is 1.91 bits per heavy atom. The van der Waals surface area contributed by atoms with Gasteiger partial charge in [0.1, 0.15) is 11.5 Å². The summed E-state index contributed by atoms with van der Waals surface area (Å²) in [5.74, 6) is 0.163. The fourth-order valence-corrected chi connectivity index (χ4v) is 4.63. The molecule has 5 heterocycles. The van der Waals surface area contributed by atoms with Gasteiger partial charge in [0.2, 0.25) is 0 Å². The zero-order chi connectivity index (χ0) is 22.5. The molecule has 2 aliphatic rings. The molecule has 3 aromatic heterocycles. The molecule has 32 heavy (non-hydrogen) atoms. The lowest BCUT2D eigenvalue weighted by Crippen LogP contribution is -2.40. The van der Waals surface area contributed by atoms with Crippen molar-refractivity contribution in [2.45, 2.75) is 50.5 Å². The van der Waals surface area contributed by atoms with Crippen molar-refractivity contribution in [1.29, 1.82) is 0 Å². The van der Waals surface area contributed by atoms with Crippen molar-refractivity contribution >= 4 is 11.7 Å². The van der Waals surface area contributed by atoms with E-state index in [0.29, 0.717) is 23.6 Å². The number of aryl methyl sites for hydroxylation is 1. The molecule has 11 heteroatoms. The molecule has 3 unspecified atom stereocenters. The van der Waals surface area contributed by atoms with Crippen molar-refractivity contribution in [3.8, 4) is 5.69 Å². The zero-order valence-electron chi connectivity index (χ0n) is 17.1. The van der Waals surface area contributed by atoms with Crippen molar-refractivity contribution in [3.05, 3.63) is 59.8 Å². The SMILES string of the molecule is Cc1ccc(-n2nccn2)c(C(=O)N2C3CCC2C(Nc2ccc(C(F)(F)F)cn2)C3)n1. The van der Waals surface area contributed by atoms with Crippen molar-refractivity contribution in [3.63, 3.8) is 0 Å². The van der Waals surface area contributed by atoms with Crippen molar-refractivity contribution in [1.82, 2.24) is 29.9 Å². The monoisotopic (exact) mass is 443 g/mol. The Kier molecular flexibility index (Phi) is 4.83. The van der Waals surface area contributed by atoms with Gasteiger partial charge in [-0.25, -0.2) is 9.97 Å². The van der Waals surface area contributed by atoms with E-state index in [0.717, 1.165) is 25.1 Å². The highest BCUT2D eigenvalue weighted by Gasteiger charge is 2.49. The van der Waals surface area contributed by atoms with Crippen LogP contribution < -0.4 is 5.32 Å². The summed E-state index contributed by atoms with van der Waals surface area (Å²) in [6.07, 6.45) is 1.82. The standard InChI is InChI=1S/C21H20F3N7O/c1-12-2-5-17(31-26-8-9-27-31)19(28-12)20(32)30-14-4-6-16(30)15(10-14)29-18-7-3-13(11-25-18)21(22,23)24/h2-3,5,7-9,11,14-16H,4,6,10H2,1H3,(H,25,29). The van der Waals surface area contributed by atoms with Gasteiger partial charge in [-0.2, -0.15) is 23.4 Å². The van der Waals surface area contributed by atoms with Gasteiger partial charge in [-0.3, -0.25) is 4.79 Å². The average Bonchev–Trinajstić information content (AvgIpc) is 3.49. The van der Waals surface area contributed by atoms with Gasteiger partial charge in [0.25, 0.3) is 5.91 Å². The molecular formula is C21H20F3N7O. The number of hydrogen-bond acceptors (Lipinski definition) is 6. The van der Waals surface area contributed by atoms with Crippen LogP contribution in [-0.4, -0.2) is 53.9 Å². The molecule has 0 radical (unpaired) electrons. The van der Waals surface area contributed by atoms with Crippen LogP contribution >= 0.6 is 0 Å². The van der Waals surface area contributed by atoms with Crippen LogP contribution in [-0.2, 0) is 6.18 Å². The number of nitrogens with one attached hydrogen (secondary N) is 1. The summed E-state index contributed by atoms with van der Waals surface area (Å²) in [6, 6.07) is 5.73. The van der Waals surface area contributed by atoms with Crippen LogP contribution in [0.4, 0.5) is 19.0 Å². The van der Waals surface area contributed by atoms with Crippen molar-refractivity contribution in [2.75, 3.05) is 5.32 Å². The smallest absolute Gasteiger partial charge is 0.365 e. The molecule has 3 atom stereocenters. The Labute approximate surface area is 181 Å². The van der Waals surface area contributed by atoms with E-state index < -0.39 is 11.7 Å². The average molecular weight is 443 g/mol. The van der Waals surface area contributed by atoms with Crippen LogP contribution in [0.15, 0.2) is 42.9 Å². The minimum Gasteiger partial charge on any atom is -0.365 e. The molecule has 0 aromatic carbocycles. The summed E-state index contributed by atoms with van der Waals surface area (Å²) in [5.41, 5.74) is 0.703. The van der Waals surface area contributed by atoms with Crippen LogP contribution in [0.2, 0.25) is 0 Å². The predicted molar refractivity (Wildman–Crippen MR) is 108 cm³/mol. The maximum absolute atomic E-state index is 13.6. The van der Waals surface area contributed by atoms with Crippen LogP contribution in [0.25, 0.3) is 5.69 Å². The fraction of sp³-hybridized carbons (Fsp3) is 0.381. The molecule has 8 nitrogen and oxygen atoms in total. The van der Waals surface area contributed by atoms with E-state index in [2.05, 4.69) is 25.5 Å². The van der Waals surface area contributed by atoms with Gasteiger partial charge >= 0.3 is 6.18 Å². The number of anilines is 1. The Hall–Kier alpha value is -3.50. The summed E-state index contributed by atoms with van der Waals surface area (Å²) in [6.45, 7) is 1.82. The van der Waals surface area contributed by atoms with E-state index in [1.807, 2.05) is 11.8 Å². The number of alkyl halides is 3. The molecule has 1 N–H and O–H groups in total. The molecule has 0 saturated carbocycles. The minimum absolute atomic E-state index is 0.0280. The van der Waals surface area contributed by atoms with Gasteiger partial charge in [-0.05, 0) is 50.5 Å². The minimum atomic E-state index is -4.43. The third kappa shape index (κ3) is 3.57. The summed E-state index contributed by atoms with van der Waals surface area (Å²) >= 11 is 0. The molecule has 3 aromatic rings. The number of amides is 1. The predicted octanol–water partition coefficient (Wildman–Crippen LogP) is 3.24. The number of nitrogens with zero attached hydrogens (tertiary/aromatic N) is 6. The Morgan fingerprint density at radius 3 is 2.59 bits per heavy atom. The van der Waals surface area contributed by atoms with Gasteiger partial charge in [-0.15, -0.1) is 4.80 Å². The molecule has 2 fully saturated rings. The first-order valence-electron chi connectivity index (χ1n) is 10.3. The largest absolute Gasteiger partial charge is 0.417 e. The van der Waals surface area contributed by atoms with Gasteiger partial charge in [0, 0.05) is 24.0 Å². The molecule has 2 saturated heterocycles. The number of hydrogen-bond donors (Lipinski definition) is 1. The van der Waals surface area contributed by atoms with Crippen molar-refractivity contribution < 1.29 is 18.0 Å². The second kappa shape index (κ2) is 7.57. The molecule has 5 rings (SSSR count). The van der Waals surface area contributed by atoms with Gasteiger partial charge < -0.3 is 10.2 Å². The highest BCUT2D eigenvalue weighted by Crippen LogP contribution is 2.40.